The van der Waals surface area contributed by atoms with Crippen molar-refractivity contribution >= 4 is 23.1 Å². The first-order chi connectivity index (χ1) is 10.7. The normalized spacial score (nSPS) is 16.9. The van der Waals surface area contributed by atoms with E-state index in [-0.39, 0.29) is 36.9 Å². The van der Waals surface area contributed by atoms with Crippen LogP contribution in [0.15, 0.2) is 12.3 Å². The molecule has 0 unspecified atom stereocenters. The zero-order valence-electron chi connectivity index (χ0n) is 11.8. The van der Waals surface area contributed by atoms with Gasteiger partial charge in [0, 0.05) is 32.2 Å². The van der Waals surface area contributed by atoms with Gasteiger partial charge >= 0.3 is 12.3 Å². The fourth-order valence-corrected chi connectivity index (χ4v) is 2.52. The second-order valence-corrected chi connectivity index (χ2v) is 5.49. The van der Waals surface area contributed by atoms with E-state index in [0.717, 1.165) is 12.3 Å². The van der Waals surface area contributed by atoms with E-state index in [2.05, 4.69) is 4.98 Å². The zero-order chi connectivity index (χ0) is 17.2. The van der Waals surface area contributed by atoms with Gasteiger partial charge in [-0.05, 0) is 0 Å². The Hall–Kier alpha value is -1.68. The molecule has 6 nitrogen and oxygen atoms in total. The van der Waals surface area contributed by atoms with Gasteiger partial charge in [-0.3, -0.25) is 15.0 Å². The zero-order valence-corrected chi connectivity index (χ0v) is 12.5. The van der Waals surface area contributed by atoms with Crippen molar-refractivity contribution in [2.45, 2.75) is 12.3 Å². The smallest absolute Gasteiger partial charge is 0.319 e. The van der Waals surface area contributed by atoms with Crippen LogP contribution in [0.1, 0.15) is 0 Å². The van der Waals surface area contributed by atoms with Crippen molar-refractivity contribution in [2.24, 2.45) is 0 Å². The molecule has 0 amide bonds. The summed E-state index contributed by atoms with van der Waals surface area (Å²) in [4.78, 5) is 16.8. The number of nitro groups is 1. The second kappa shape index (κ2) is 6.83. The number of nitrogens with zero attached hydrogens (tertiary/aromatic N) is 4. The maximum atomic E-state index is 13.0. The Morgan fingerprint density at radius 3 is 2.43 bits per heavy atom. The van der Waals surface area contributed by atoms with Gasteiger partial charge in [0.25, 0.3) is 5.69 Å². The summed E-state index contributed by atoms with van der Waals surface area (Å²) in [6.45, 7) is -0.234. The van der Waals surface area contributed by atoms with Gasteiger partial charge in [-0.15, -0.1) is 0 Å². The lowest BCUT2D eigenvalue weighted by Gasteiger charge is -2.36. The quantitative estimate of drug-likeness (QED) is 0.461. The largest absolute Gasteiger partial charge is 0.353 e. The van der Waals surface area contributed by atoms with Gasteiger partial charge in [-0.25, -0.2) is 13.8 Å². The molecular weight excluding hydrogens is 344 g/mol. The fourth-order valence-electron chi connectivity index (χ4n) is 2.24. The molecule has 0 spiro atoms. The number of rotatable bonds is 5. The molecule has 0 aromatic carbocycles. The molecular formula is C12H13ClF4N4O2. The molecule has 1 aromatic heterocycles. The number of pyridine rings is 1. The molecule has 1 aliphatic rings. The summed E-state index contributed by atoms with van der Waals surface area (Å²) in [6.07, 6.45) is -2.65. The molecule has 2 rings (SSSR count). The van der Waals surface area contributed by atoms with Crippen LogP contribution in [0.4, 0.5) is 29.1 Å². The number of hydrogen-bond donors (Lipinski definition) is 0. The first kappa shape index (κ1) is 17.7. The predicted molar refractivity (Wildman–Crippen MR) is 75.5 cm³/mol. The molecule has 0 aliphatic carbocycles. The van der Waals surface area contributed by atoms with Crippen molar-refractivity contribution in [1.29, 1.82) is 0 Å². The molecule has 0 bridgehead atoms. The van der Waals surface area contributed by atoms with Crippen LogP contribution >= 0.6 is 11.6 Å². The predicted octanol–water partition coefficient (Wildman–Crippen LogP) is 2.67. The van der Waals surface area contributed by atoms with Gasteiger partial charge in [0.05, 0.1) is 16.5 Å². The molecule has 1 fully saturated rings. The molecule has 2 heterocycles. The Morgan fingerprint density at radius 1 is 1.35 bits per heavy atom. The molecule has 128 valence electrons. The summed E-state index contributed by atoms with van der Waals surface area (Å²) in [5, 5.41) is 10.7. The van der Waals surface area contributed by atoms with Gasteiger partial charge in [-0.2, -0.15) is 8.78 Å². The highest BCUT2D eigenvalue weighted by atomic mass is 35.5. The number of piperazine rings is 1. The molecule has 11 heteroatoms. The van der Waals surface area contributed by atoms with Gasteiger partial charge < -0.3 is 4.90 Å². The SMILES string of the molecule is O=[N+]([O-])c1cnc(N2CCN(CC(F)(F)C(F)F)CC2)c(Cl)c1. The van der Waals surface area contributed by atoms with Gasteiger partial charge in [0.15, 0.2) is 0 Å². The molecule has 1 saturated heterocycles. The topological polar surface area (TPSA) is 62.5 Å². The van der Waals surface area contributed by atoms with Crippen LogP contribution in [0.2, 0.25) is 5.02 Å². The Kier molecular flexibility index (Phi) is 5.25. The average Bonchev–Trinajstić information content (AvgIpc) is 2.47. The third kappa shape index (κ3) is 4.20. The van der Waals surface area contributed by atoms with Crippen molar-refractivity contribution in [3.05, 3.63) is 27.4 Å². The third-order valence-electron chi connectivity index (χ3n) is 3.44. The summed E-state index contributed by atoms with van der Waals surface area (Å²) >= 11 is 5.95. The van der Waals surface area contributed by atoms with Crippen LogP contribution in [0.3, 0.4) is 0 Å². The molecule has 1 aliphatic heterocycles. The van der Waals surface area contributed by atoms with Crippen LogP contribution in [0.5, 0.6) is 0 Å². The molecule has 1 aromatic rings. The minimum absolute atomic E-state index is 0.0746. The van der Waals surface area contributed by atoms with Crippen LogP contribution in [-0.4, -0.2) is 59.9 Å². The molecule has 23 heavy (non-hydrogen) atoms. The van der Waals surface area contributed by atoms with Crippen molar-refractivity contribution < 1.29 is 22.5 Å². The number of anilines is 1. The maximum absolute atomic E-state index is 13.0. The maximum Gasteiger partial charge on any atom is 0.319 e. The van der Waals surface area contributed by atoms with Crippen LogP contribution in [-0.2, 0) is 0 Å². The Morgan fingerprint density at radius 2 is 1.96 bits per heavy atom. The number of hydrogen-bond acceptors (Lipinski definition) is 5. The van der Waals surface area contributed by atoms with E-state index >= 15 is 0 Å². The summed E-state index contributed by atoms with van der Waals surface area (Å²) in [5.41, 5.74) is -0.256. The minimum atomic E-state index is -4.05. The highest BCUT2D eigenvalue weighted by Crippen LogP contribution is 2.29. The van der Waals surface area contributed by atoms with E-state index in [1.54, 1.807) is 4.90 Å². The first-order valence-electron chi connectivity index (χ1n) is 6.64. The van der Waals surface area contributed by atoms with Crippen LogP contribution in [0.25, 0.3) is 0 Å². The summed E-state index contributed by atoms with van der Waals surface area (Å²) in [5.74, 6) is -3.75. The lowest BCUT2D eigenvalue weighted by Crippen LogP contribution is -2.51. The van der Waals surface area contributed by atoms with Gasteiger partial charge in [0.2, 0.25) is 0 Å². The lowest BCUT2D eigenvalue weighted by atomic mass is 10.2. The monoisotopic (exact) mass is 356 g/mol. The van der Waals surface area contributed by atoms with Crippen LogP contribution < -0.4 is 4.90 Å². The van der Waals surface area contributed by atoms with Crippen molar-refractivity contribution in [2.75, 3.05) is 37.6 Å². The van der Waals surface area contributed by atoms with Crippen molar-refractivity contribution in [3.8, 4) is 0 Å². The van der Waals surface area contributed by atoms with E-state index in [0.29, 0.717) is 5.82 Å². The molecule has 0 radical (unpaired) electrons. The summed E-state index contributed by atoms with van der Waals surface area (Å²) in [7, 11) is 0. The second-order valence-electron chi connectivity index (χ2n) is 5.08. The van der Waals surface area contributed by atoms with E-state index in [1.165, 1.54) is 4.90 Å². The van der Waals surface area contributed by atoms with E-state index < -0.39 is 23.8 Å². The standard InChI is InChI=1S/C12H13ClF4N4O2/c13-9-5-8(21(22)23)6-18-10(9)20-3-1-19(2-4-20)7-12(16,17)11(14)15/h5-6,11H,1-4,7H2. The number of halogens is 5. The van der Waals surface area contributed by atoms with E-state index in [1.807, 2.05) is 0 Å². The van der Waals surface area contributed by atoms with Gasteiger partial charge in [-0.1, -0.05) is 11.6 Å². The van der Waals surface area contributed by atoms with Crippen LogP contribution in [0, 0.1) is 10.1 Å². The van der Waals surface area contributed by atoms with Crippen molar-refractivity contribution in [3.63, 3.8) is 0 Å². The summed E-state index contributed by atoms with van der Waals surface area (Å²) < 4.78 is 50.5. The van der Waals surface area contributed by atoms with E-state index in [4.69, 9.17) is 11.6 Å². The average molecular weight is 357 g/mol. The Bertz CT molecular complexity index is 582. The first-order valence-corrected chi connectivity index (χ1v) is 7.01. The highest BCUT2D eigenvalue weighted by Gasteiger charge is 2.42. The number of alkyl halides is 4. The Labute approximate surface area is 133 Å². The lowest BCUT2D eigenvalue weighted by molar-refractivity contribution is -0.385. The minimum Gasteiger partial charge on any atom is -0.353 e. The third-order valence-corrected chi connectivity index (χ3v) is 3.72. The molecule has 0 N–H and O–H groups in total. The van der Waals surface area contributed by atoms with Gasteiger partial charge in [0.1, 0.15) is 12.0 Å². The fraction of sp³-hybridized carbons (Fsp3) is 0.583. The summed E-state index contributed by atoms with van der Waals surface area (Å²) in [6, 6.07) is 1.15. The Balaban J connectivity index is 1.98. The van der Waals surface area contributed by atoms with Crippen molar-refractivity contribution in [1.82, 2.24) is 9.88 Å². The van der Waals surface area contributed by atoms with E-state index in [9.17, 15) is 27.7 Å². The molecule has 0 saturated carbocycles. The molecule has 0 atom stereocenters. The number of aromatic nitrogens is 1. The highest BCUT2D eigenvalue weighted by molar-refractivity contribution is 6.33.